The van der Waals surface area contributed by atoms with E-state index in [0.717, 1.165) is 6.54 Å². The smallest absolute Gasteiger partial charge is 0.223 e. The van der Waals surface area contributed by atoms with Gasteiger partial charge in [-0.25, -0.2) is 13.1 Å². The van der Waals surface area contributed by atoms with E-state index in [9.17, 15) is 13.2 Å². The molecule has 0 aliphatic carbocycles. The normalized spacial score (nSPS) is 25.1. The third-order valence-electron chi connectivity index (χ3n) is 5.01. The molecule has 0 radical (unpaired) electrons. The van der Waals surface area contributed by atoms with Crippen molar-refractivity contribution < 1.29 is 13.2 Å². The molecule has 0 unspecified atom stereocenters. The zero-order valence-electron chi connectivity index (χ0n) is 15.3. The van der Waals surface area contributed by atoms with Crippen LogP contribution in [0.5, 0.6) is 0 Å². The average Bonchev–Trinajstić information content (AvgIpc) is 3.18. The molecule has 1 aromatic rings. The van der Waals surface area contributed by atoms with E-state index in [1.165, 1.54) is 11.9 Å². The van der Waals surface area contributed by atoms with Gasteiger partial charge in [-0.3, -0.25) is 9.69 Å². The number of carbonyl (C=O) groups excluding carboxylic acids is 1. The molecule has 9 nitrogen and oxygen atoms in total. The van der Waals surface area contributed by atoms with Crippen molar-refractivity contribution in [1.29, 1.82) is 0 Å². The number of aromatic nitrogens is 4. The second-order valence-electron chi connectivity index (χ2n) is 7.25. The lowest BCUT2D eigenvalue weighted by atomic mass is 10.0. The Morgan fingerprint density at radius 3 is 2.69 bits per heavy atom. The summed E-state index contributed by atoms with van der Waals surface area (Å²) >= 11 is 0. The molecule has 2 fully saturated rings. The summed E-state index contributed by atoms with van der Waals surface area (Å²) in [5.74, 6) is 0.233. The Balaban J connectivity index is 1.63. The highest BCUT2D eigenvalue weighted by Crippen LogP contribution is 2.27. The predicted molar refractivity (Wildman–Crippen MR) is 96.0 cm³/mol. The van der Waals surface area contributed by atoms with Crippen molar-refractivity contribution >= 4 is 15.7 Å². The number of allylic oxidation sites excluding steroid dienone is 1. The van der Waals surface area contributed by atoms with Crippen molar-refractivity contribution in [2.75, 3.05) is 31.1 Å². The average molecular weight is 382 g/mol. The Morgan fingerprint density at radius 2 is 2.00 bits per heavy atom. The summed E-state index contributed by atoms with van der Waals surface area (Å²) in [5.41, 5.74) is 1.21. The van der Waals surface area contributed by atoms with Crippen molar-refractivity contribution in [2.45, 2.75) is 45.3 Å². The quantitative estimate of drug-likeness (QED) is 0.624. The molecule has 144 valence electrons. The molecule has 1 aromatic heterocycles. The molecule has 2 atom stereocenters. The molecule has 0 spiro atoms. The van der Waals surface area contributed by atoms with Crippen molar-refractivity contribution in [1.82, 2.24) is 30.0 Å². The van der Waals surface area contributed by atoms with E-state index in [1.54, 1.807) is 9.58 Å². The molecule has 10 heteroatoms. The van der Waals surface area contributed by atoms with Crippen LogP contribution < -0.4 is 0 Å². The summed E-state index contributed by atoms with van der Waals surface area (Å²) in [6, 6.07) is -0.340. The predicted octanol–water partition coefficient (Wildman–Crippen LogP) is -0.271. The van der Waals surface area contributed by atoms with Gasteiger partial charge in [0.2, 0.25) is 5.91 Å². The van der Waals surface area contributed by atoms with Crippen molar-refractivity contribution in [3.63, 3.8) is 0 Å². The van der Waals surface area contributed by atoms with Crippen molar-refractivity contribution in [3.05, 3.63) is 18.0 Å². The van der Waals surface area contributed by atoms with Gasteiger partial charge >= 0.3 is 0 Å². The molecule has 3 rings (SSSR count). The fourth-order valence-corrected chi connectivity index (χ4v) is 5.69. The molecule has 1 amide bonds. The van der Waals surface area contributed by atoms with Crippen LogP contribution in [-0.4, -0.2) is 87.6 Å². The van der Waals surface area contributed by atoms with Crippen LogP contribution in [0.25, 0.3) is 0 Å². The number of nitrogens with zero attached hydrogens (tertiary/aromatic N) is 6. The molecule has 0 bridgehead atoms. The van der Waals surface area contributed by atoms with E-state index in [4.69, 9.17) is 0 Å². The molecule has 0 N–H and O–H groups in total. The van der Waals surface area contributed by atoms with E-state index in [-0.39, 0.29) is 29.5 Å². The maximum atomic E-state index is 12.7. The van der Waals surface area contributed by atoms with E-state index < -0.39 is 9.84 Å². The largest absolute Gasteiger partial charge is 0.336 e. The maximum Gasteiger partial charge on any atom is 0.223 e. The lowest BCUT2D eigenvalue weighted by Crippen LogP contribution is -2.60. The molecule has 2 saturated heterocycles. The van der Waals surface area contributed by atoms with Crippen LogP contribution in [0.2, 0.25) is 0 Å². The number of sulfone groups is 1. The Morgan fingerprint density at radius 1 is 1.23 bits per heavy atom. The molecule has 3 heterocycles. The number of aryl methyl sites for hydroxylation is 1. The zero-order valence-corrected chi connectivity index (χ0v) is 16.1. The molecule has 2 aliphatic heterocycles. The van der Waals surface area contributed by atoms with Gasteiger partial charge in [-0.05, 0) is 30.7 Å². The Labute approximate surface area is 153 Å². The first kappa shape index (κ1) is 19.0. The summed E-state index contributed by atoms with van der Waals surface area (Å²) in [6.07, 6.45) is 4.64. The minimum atomic E-state index is -3.11. The van der Waals surface area contributed by atoms with Gasteiger partial charge in [0.15, 0.2) is 9.84 Å². The minimum Gasteiger partial charge on any atom is -0.336 e. The topological polar surface area (TPSA) is 101 Å². The number of piperazine rings is 1. The van der Waals surface area contributed by atoms with E-state index >= 15 is 0 Å². The van der Waals surface area contributed by atoms with E-state index in [2.05, 4.69) is 26.5 Å². The van der Waals surface area contributed by atoms with Crippen LogP contribution in [0, 0.1) is 0 Å². The van der Waals surface area contributed by atoms with Gasteiger partial charge in [0.25, 0.3) is 0 Å². The monoisotopic (exact) mass is 382 g/mol. The maximum absolute atomic E-state index is 12.7. The number of hydrogen-bond acceptors (Lipinski definition) is 7. The van der Waals surface area contributed by atoms with Gasteiger partial charge < -0.3 is 4.90 Å². The number of amides is 1. The lowest BCUT2D eigenvalue weighted by Gasteiger charge is -2.43. The number of rotatable bonds is 6. The highest BCUT2D eigenvalue weighted by molar-refractivity contribution is 7.91. The van der Waals surface area contributed by atoms with E-state index in [1.807, 2.05) is 13.8 Å². The first-order chi connectivity index (χ1) is 12.4. The first-order valence-corrected chi connectivity index (χ1v) is 10.8. The minimum absolute atomic E-state index is 0.0204. The summed E-state index contributed by atoms with van der Waals surface area (Å²) < 4.78 is 26.0. The number of hydrogen-bond donors (Lipinski definition) is 0. The van der Waals surface area contributed by atoms with Crippen molar-refractivity contribution in [3.8, 4) is 0 Å². The van der Waals surface area contributed by atoms with Crippen LogP contribution in [0.1, 0.15) is 26.7 Å². The number of tetrazole rings is 1. The summed E-state index contributed by atoms with van der Waals surface area (Å²) in [7, 11) is -3.11. The summed E-state index contributed by atoms with van der Waals surface area (Å²) in [6.45, 7) is 6.67. The standard InChI is InChI=1S/C16H26N6O3S/c1-13(2)5-7-20-8-9-22(15-11-26(24,25)10-14(15)20)16(23)4-3-6-21-12-17-18-19-21/h5,12,14-15H,3-4,6-11H2,1-2H3/t14-,15+/m1/s1. The molecule has 26 heavy (non-hydrogen) atoms. The van der Waals surface area contributed by atoms with Crippen LogP contribution in [0.15, 0.2) is 18.0 Å². The Bertz CT molecular complexity index is 757. The third-order valence-corrected chi connectivity index (χ3v) is 6.71. The molecule has 2 aliphatic rings. The second-order valence-corrected chi connectivity index (χ2v) is 9.41. The van der Waals surface area contributed by atoms with Gasteiger partial charge in [0.1, 0.15) is 6.33 Å². The molecule has 0 saturated carbocycles. The summed E-state index contributed by atoms with van der Waals surface area (Å²) in [4.78, 5) is 16.7. The zero-order chi connectivity index (χ0) is 18.7. The third kappa shape index (κ3) is 4.47. The molecule has 0 aromatic carbocycles. The Hall–Kier alpha value is -1.81. The van der Waals surface area contributed by atoms with Crippen LogP contribution in [0.4, 0.5) is 0 Å². The highest BCUT2D eigenvalue weighted by atomic mass is 32.2. The summed E-state index contributed by atoms with van der Waals surface area (Å²) in [5, 5.41) is 10.9. The fourth-order valence-electron chi connectivity index (χ4n) is 3.68. The lowest BCUT2D eigenvalue weighted by molar-refractivity contribution is -0.137. The van der Waals surface area contributed by atoms with Gasteiger partial charge in [0.05, 0.1) is 17.5 Å². The SMILES string of the molecule is CC(C)=CCN1CCN(C(=O)CCCn2cnnn2)[C@H]2CS(=O)(=O)C[C@H]21. The van der Waals surface area contributed by atoms with E-state index in [0.29, 0.717) is 32.5 Å². The van der Waals surface area contributed by atoms with Gasteiger partial charge in [-0.2, -0.15) is 0 Å². The fraction of sp³-hybridized carbons (Fsp3) is 0.750. The van der Waals surface area contributed by atoms with Crippen LogP contribution in [-0.2, 0) is 21.2 Å². The number of fused-ring (bicyclic) bond motifs is 1. The molecular formula is C16H26N6O3S. The highest BCUT2D eigenvalue weighted by Gasteiger charge is 2.47. The van der Waals surface area contributed by atoms with Crippen LogP contribution in [0.3, 0.4) is 0 Å². The number of carbonyl (C=O) groups is 1. The van der Waals surface area contributed by atoms with Gasteiger partial charge in [-0.1, -0.05) is 11.6 Å². The van der Waals surface area contributed by atoms with Crippen molar-refractivity contribution in [2.24, 2.45) is 0 Å². The molecular weight excluding hydrogens is 356 g/mol. The first-order valence-electron chi connectivity index (χ1n) is 8.94. The van der Waals surface area contributed by atoms with Gasteiger partial charge in [0, 0.05) is 38.6 Å². The second kappa shape index (κ2) is 7.83. The van der Waals surface area contributed by atoms with Gasteiger partial charge in [-0.15, -0.1) is 5.10 Å². The Kier molecular flexibility index (Phi) is 5.71. The van der Waals surface area contributed by atoms with Crippen LogP contribution >= 0.6 is 0 Å².